The highest BCUT2D eigenvalue weighted by Crippen LogP contribution is 2.51. The number of anilines is 2. The first-order valence-electron chi connectivity index (χ1n) is 12.4. The molecule has 1 atom stereocenters. The minimum Gasteiger partial charge on any atom is -0.481 e. The Hall–Kier alpha value is -4.13. The third-order valence-electron chi connectivity index (χ3n) is 7.53. The van der Waals surface area contributed by atoms with E-state index < -0.39 is 0 Å². The van der Waals surface area contributed by atoms with Crippen LogP contribution in [-0.2, 0) is 13.0 Å². The highest BCUT2D eigenvalue weighted by Gasteiger charge is 2.46. The first kappa shape index (κ1) is 23.3. The molecule has 3 heterocycles. The van der Waals surface area contributed by atoms with E-state index in [4.69, 9.17) is 20.6 Å². The monoisotopic (exact) mass is 496 g/mol. The lowest BCUT2D eigenvalue weighted by Gasteiger charge is -2.42. The van der Waals surface area contributed by atoms with Crippen LogP contribution in [0.1, 0.15) is 41.4 Å². The number of oxazole rings is 1. The maximum absolute atomic E-state index is 10.0. The second-order valence-corrected chi connectivity index (χ2v) is 9.66. The Balaban J connectivity index is 1.10. The number of piperidine rings is 1. The molecule has 1 fully saturated rings. The molecule has 9 heteroatoms. The van der Waals surface area contributed by atoms with Crippen LogP contribution in [0.25, 0.3) is 11.1 Å². The van der Waals surface area contributed by atoms with E-state index >= 15 is 0 Å². The van der Waals surface area contributed by atoms with Crippen molar-refractivity contribution in [3.63, 3.8) is 0 Å². The van der Waals surface area contributed by atoms with Gasteiger partial charge in [0.15, 0.2) is 11.4 Å². The van der Waals surface area contributed by atoms with E-state index in [0.717, 1.165) is 32.4 Å². The predicted octanol–water partition coefficient (Wildman–Crippen LogP) is 2.97. The third-order valence-corrected chi connectivity index (χ3v) is 7.53. The minimum atomic E-state index is -0.207. The maximum Gasteiger partial charge on any atom is 0.292 e. The number of aliphatic hydroxyl groups excluding tert-OH is 1. The lowest BCUT2D eigenvalue weighted by atomic mass is 9.73. The Morgan fingerprint density at radius 1 is 1.16 bits per heavy atom. The van der Waals surface area contributed by atoms with Crippen molar-refractivity contribution >= 4 is 22.9 Å². The molecule has 6 rings (SSSR count). The average Bonchev–Trinajstić information content (AvgIpc) is 3.43. The van der Waals surface area contributed by atoms with Gasteiger partial charge in [0, 0.05) is 25.2 Å². The van der Waals surface area contributed by atoms with Crippen LogP contribution >= 0.6 is 0 Å². The van der Waals surface area contributed by atoms with Gasteiger partial charge in [0.05, 0.1) is 12.8 Å². The quantitative estimate of drug-likeness (QED) is 0.364. The fourth-order valence-electron chi connectivity index (χ4n) is 5.58. The SMILES string of the molecule is Nc1nc2cc(OCC#Cc3cnc(N4CCC5(CC4)Cc4ccccc4C5N)c(CO)n3)ccc2o1. The number of hydrogen-bond acceptors (Lipinski definition) is 9. The van der Waals surface area contributed by atoms with Crippen molar-refractivity contribution in [1.29, 1.82) is 0 Å². The Morgan fingerprint density at radius 3 is 2.81 bits per heavy atom. The molecule has 2 aliphatic rings. The van der Waals surface area contributed by atoms with E-state index in [1.165, 1.54) is 11.1 Å². The number of aromatic nitrogens is 3. The first-order chi connectivity index (χ1) is 18.0. The molecule has 1 aliphatic heterocycles. The summed E-state index contributed by atoms with van der Waals surface area (Å²) >= 11 is 0. The summed E-state index contributed by atoms with van der Waals surface area (Å²) < 4.78 is 10.9. The van der Waals surface area contributed by atoms with E-state index in [0.29, 0.717) is 34.1 Å². The van der Waals surface area contributed by atoms with Gasteiger partial charge in [-0.2, -0.15) is 4.98 Å². The molecule has 0 saturated carbocycles. The fraction of sp³-hybridized carbons (Fsp3) is 0.321. The van der Waals surface area contributed by atoms with E-state index in [9.17, 15) is 5.11 Å². The Morgan fingerprint density at radius 2 is 2.00 bits per heavy atom. The molecule has 188 valence electrons. The van der Waals surface area contributed by atoms with Crippen LogP contribution in [0.15, 0.2) is 53.1 Å². The number of fused-ring (bicyclic) bond motifs is 2. The van der Waals surface area contributed by atoms with Crippen LogP contribution in [-0.4, -0.2) is 39.8 Å². The number of nitrogens with zero attached hydrogens (tertiary/aromatic N) is 4. The average molecular weight is 497 g/mol. The van der Waals surface area contributed by atoms with E-state index in [2.05, 4.69) is 56.0 Å². The van der Waals surface area contributed by atoms with E-state index in [-0.39, 0.29) is 30.7 Å². The summed E-state index contributed by atoms with van der Waals surface area (Å²) in [6.45, 7) is 1.60. The second-order valence-electron chi connectivity index (χ2n) is 9.66. The number of rotatable bonds is 4. The zero-order valence-corrected chi connectivity index (χ0v) is 20.4. The topological polar surface area (TPSA) is 137 Å². The third kappa shape index (κ3) is 4.35. The summed E-state index contributed by atoms with van der Waals surface area (Å²) in [7, 11) is 0. The molecular formula is C28H28N6O3. The van der Waals surface area contributed by atoms with Crippen molar-refractivity contribution in [3.8, 4) is 17.6 Å². The summed E-state index contributed by atoms with van der Waals surface area (Å²) in [5.74, 6) is 7.24. The van der Waals surface area contributed by atoms with Crippen LogP contribution in [0, 0.1) is 17.3 Å². The van der Waals surface area contributed by atoms with Gasteiger partial charge in [-0.15, -0.1) is 0 Å². The molecule has 5 N–H and O–H groups in total. The normalized spacial score (nSPS) is 18.0. The molecule has 1 saturated heterocycles. The molecule has 9 nitrogen and oxygen atoms in total. The van der Waals surface area contributed by atoms with Gasteiger partial charge in [0.2, 0.25) is 0 Å². The van der Waals surface area contributed by atoms with E-state index in [1.54, 1.807) is 24.4 Å². The van der Waals surface area contributed by atoms with Gasteiger partial charge in [-0.1, -0.05) is 30.2 Å². The van der Waals surface area contributed by atoms with Gasteiger partial charge in [0.1, 0.15) is 29.3 Å². The number of aliphatic hydroxyl groups is 1. The van der Waals surface area contributed by atoms with Gasteiger partial charge < -0.3 is 30.6 Å². The second kappa shape index (κ2) is 9.39. The van der Waals surface area contributed by atoms with Crippen molar-refractivity contribution in [2.45, 2.75) is 31.9 Å². The van der Waals surface area contributed by atoms with Crippen LogP contribution in [0.2, 0.25) is 0 Å². The molecule has 2 aromatic carbocycles. The number of hydrogen-bond donors (Lipinski definition) is 3. The standard InChI is InChI=1S/C28H28N6O3/c29-25-21-6-2-1-4-18(21)15-28(25)9-11-34(12-10-28)26-23(17-35)32-19(16-31-26)5-3-13-36-20-7-8-24-22(14-20)33-27(30)37-24/h1-2,4,6-8,14,16,25,35H,9-13,15,17,29H2,(H2,30,33). The van der Waals surface area contributed by atoms with Crippen LogP contribution in [0.4, 0.5) is 11.8 Å². The van der Waals surface area contributed by atoms with Gasteiger partial charge in [-0.05, 0) is 53.9 Å². The van der Waals surface area contributed by atoms with Gasteiger partial charge in [-0.3, -0.25) is 0 Å². The molecule has 1 spiro atoms. The molecule has 37 heavy (non-hydrogen) atoms. The van der Waals surface area contributed by atoms with Crippen molar-refractivity contribution in [2.24, 2.45) is 11.1 Å². The maximum atomic E-state index is 10.0. The summed E-state index contributed by atoms with van der Waals surface area (Å²) in [6, 6.07) is 14.0. The molecule has 0 radical (unpaired) electrons. The first-order valence-corrected chi connectivity index (χ1v) is 12.4. The van der Waals surface area contributed by atoms with Gasteiger partial charge >= 0.3 is 0 Å². The smallest absolute Gasteiger partial charge is 0.292 e. The van der Waals surface area contributed by atoms with Crippen molar-refractivity contribution in [1.82, 2.24) is 15.0 Å². The molecule has 1 aliphatic carbocycles. The van der Waals surface area contributed by atoms with Crippen molar-refractivity contribution in [2.75, 3.05) is 30.3 Å². The Bertz CT molecular complexity index is 1510. The molecule has 1 unspecified atom stereocenters. The number of benzene rings is 2. The summed E-state index contributed by atoms with van der Waals surface area (Å²) in [5, 5.41) is 10.0. The molecular weight excluding hydrogens is 468 g/mol. The zero-order chi connectivity index (χ0) is 25.4. The van der Waals surface area contributed by atoms with Crippen LogP contribution in [0.3, 0.4) is 0 Å². The largest absolute Gasteiger partial charge is 0.481 e. The summed E-state index contributed by atoms with van der Waals surface area (Å²) in [4.78, 5) is 15.5. The van der Waals surface area contributed by atoms with Crippen LogP contribution in [0.5, 0.6) is 5.75 Å². The summed E-state index contributed by atoms with van der Waals surface area (Å²) in [6.07, 6.45) is 4.61. The van der Waals surface area contributed by atoms with Gasteiger partial charge in [-0.25, -0.2) is 9.97 Å². The Kier molecular flexibility index (Phi) is 5.91. The zero-order valence-electron chi connectivity index (χ0n) is 20.4. The molecule has 4 aromatic rings. The molecule has 2 aromatic heterocycles. The van der Waals surface area contributed by atoms with Crippen molar-refractivity contribution in [3.05, 3.63) is 71.2 Å². The highest BCUT2D eigenvalue weighted by molar-refractivity contribution is 5.75. The predicted molar refractivity (Wildman–Crippen MR) is 140 cm³/mol. The Labute approximate surface area is 214 Å². The number of nitrogen functional groups attached to an aromatic ring is 1. The highest BCUT2D eigenvalue weighted by atomic mass is 16.5. The van der Waals surface area contributed by atoms with Gasteiger partial charge in [0.25, 0.3) is 6.01 Å². The lowest BCUT2D eigenvalue weighted by molar-refractivity contribution is 0.186. The van der Waals surface area contributed by atoms with Crippen LogP contribution < -0.4 is 21.1 Å². The van der Waals surface area contributed by atoms with Crippen molar-refractivity contribution < 1.29 is 14.3 Å². The molecule has 0 bridgehead atoms. The fourth-order valence-corrected chi connectivity index (χ4v) is 5.58. The molecule has 0 amide bonds. The lowest BCUT2D eigenvalue weighted by Crippen LogP contribution is -2.45. The number of nitrogens with two attached hydrogens (primary N) is 2. The minimum absolute atomic E-state index is 0.0603. The summed E-state index contributed by atoms with van der Waals surface area (Å²) in [5.41, 5.74) is 17.3. The van der Waals surface area contributed by atoms with E-state index in [1.807, 2.05) is 0 Å². The number of ether oxygens (including phenoxy) is 1.